The summed E-state index contributed by atoms with van der Waals surface area (Å²) in [5.41, 5.74) is 0.238. The van der Waals surface area contributed by atoms with Gasteiger partial charge >= 0.3 is 0 Å². The first-order valence-electron chi connectivity index (χ1n) is 5.76. The topological polar surface area (TPSA) is 33.3 Å². The molecule has 3 unspecified atom stereocenters. The molecule has 0 aromatic heterocycles. The maximum atomic E-state index is 5.42. The van der Waals surface area contributed by atoms with Gasteiger partial charge in [0.05, 0.1) is 6.61 Å². The van der Waals surface area contributed by atoms with Crippen molar-refractivity contribution < 1.29 is 4.74 Å². The zero-order valence-electron chi connectivity index (χ0n) is 9.31. The van der Waals surface area contributed by atoms with Crippen molar-refractivity contribution in [2.45, 2.75) is 38.3 Å². The van der Waals surface area contributed by atoms with Gasteiger partial charge in [-0.15, -0.1) is 0 Å². The van der Waals surface area contributed by atoms with Crippen molar-refractivity contribution >= 4 is 0 Å². The van der Waals surface area contributed by atoms with Gasteiger partial charge in [-0.1, -0.05) is 0 Å². The van der Waals surface area contributed by atoms with E-state index in [0.717, 1.165) is 32.1 Å². The highest BCUT2D eigenvalue weighted by Gasteiger charge is 2.31. The molecule has 0 bridgehead atoms. The van der Waals surface area contributed by atoms with E-state index in [-0.39, 0.29) is 5.54 Å². The van der Waals surface area contributed by atoms with Crippen molar-refractivity contribution in [2.24, 2.45) is 5.92 Å². The molecule has 82 valence electrons. The molecule has 2 aliphatic rings. The van der Waals surface area contributed by atoms with Crippen molar-refractivity contribution in [1.82, 2.24) is 10.6 Å². The second kappa shape index (κ2) is 4.17. The molecule has 0 saturated carbocycles. The van der Waals surface area contributed by atoms with Crippen LogP contribution in [0.1, 0.15) is 26.7 Å². The smallest absolute Gasteiger partial charge is 0.0646 e. The van der Waals surface area contributed by atoms with Crippen molar-refractivity contribution in [1.29, 1.82) is 0 Å². The number of ether oxygens (including phenoxy) is 1. The van der Waals surface area contributed by atoms with Crippen molar-refractivity contribution in [3.8, 4) is 0 Å². The summed E-state index contributed by atoms with van der Waals surface area (Å²) in [6.45, 7) is 8.66. The van der Waals surface area contributed by atoms with Gasteiger partial charge in [0.1, 0.15) is 0 Å². The third-order valence-electron chi connectivity index (χ3n) is 3.70. The van der Waals surface area contributed by atoms with E-state index in [1.165, 1.54) is 13.0 Å². The summed E-state index contributed by atoms with van der Waals surface area (Å²) in [6.07, 6.45) is 2.46. The second-order valence-electron chi connectivity index (χ2n) is 5.04. The Hall–Kier alpha value is -0.120. The van der Waals surface area contributed by atoms with Crippen LogP contribution >= 0.6 is 0 Å². The first kappa shape index (κ1) is 10.4. The van der Waals surface area contributed by atoms with Crippen LogP contribution in [0.2, 0.25) is 0 Å². The lowest BCUT2D eigenvalue weighted by molar-refractivity contribution is 0.169. The molecule has 3 nitrogen and oxygen atoms in total. The van der Waals surface area contributed by atoms with E-state index >= 15 is 0 Å². The molecule has 0 amide bonds. The minimum absolute atomic E-state index is 0.238. The van der Waals surface area contributed by atoms with Crippen LogP contribution < -0.4 is 10.6 Å². The highest BCUT2D eigenvalue weighted by molar-refractivity contribution is 4.90. The van der Waals surface area contributed by atoms with E-state index < -0.39 is 0 Å². The monoisotopic (exact) mass is 198 g/mol. The summed E-state index contributed by atoms with van der Waals surface area (Å²) < 4.78 is 5.42. The Morgan fingerprint density at radius 1 is 1.57 bits per heavy atom. The van der Waals surface area contributed by atoms with E-state index in [4.69, 9.17) is 4.74 Å². The largest absolute Gasteiger partial charge is 0.379 e. The zero-order valence-corrected chi connectivity index (χ0v) is 9.31. The molecule has 0 spiro atoms. The molecule has 2 N–H and O–H groups in total. The Labute approximate surface area is 86.6 Å². The van der Waals surface area contributed by atoms with Gasteiger partial charge < -0.3 is 15.4 Å². The molecule has 2 aliphatic heterocycles. The summed E-state index contributed by atoms with van der Waals surface area (Å²) in [7, 11) is 0. The average molecular weight is 198 g/mol. The molecule has 14 heavy (non-hydrogen) atoms. The Bertz CT molecular complexity index is 190. The molecule has 0 aromatic rings. The molecule has 0 aliphatic carbocycles. The van der Waals surface area contributed by atoms with Crippen LogP contribution in [0, 0.1) is 5.92 Å². The Morgan fingerprint density at radius 3 is 3.00 bits per heavy atom. The van der Waals surface area contributed by atoms with Crippen LogP contribution in [-0.2, 0) is 4.74 Å². The maximum Gasteiger partial charge on any atom is 0.0646 e. The zero-order chi connectivity index (χ0) is 10.0. The summed E-state index contributed by atoms with van der Waals surface area (Å²) in [5.74, 6) is 0.799. The SMILES string of the molecule is CC1NCCC1CNC1(C)CCOC1. The van der Waals surface area contributed by atoms with Crippen LogP contribution in [0.3, 0.4) is 0 Å². The van der Waals surface area contributed by atoms with Gasteiger partial charge in [-0.05, 0) is 39.2 Å². The molecule has 2 rings (SSSR count). The number of hydrogen-bond donors (Lipinski definition) is 2. The molecule has 3 heteroatoms. The fourth-order valence-corrected chi connectivity index (χ4v) is 2.38. The summed E-state index contributed by atoms with van der Waals surface area (Å²) in [4.78, 5) is 0. The Kier molecular flexibility index (Phi) is 3.10. The molecular formula is C11H22N2O. The number of rotatable bonds is 3. The van der Waals surface area contributed by atoms with E-state index in [1.807, 2.05) is 0 Å². The van der Waals surface area contributed by atoms with E-state index in [2.05, 4.69) is 24.5 Å². The van der Waals surface area contributed by atoms with Crippen LogP contribution in [0.5, 0.6) is 0 Å². The van der Waals surface area contributed by atoms with Gasteiger partial charge in [0.15, 0.2) is 0 Å². The quantitative estimate of drug-likeness (QED) is 0.702. The molecular weight excluding hydrogens is 176 g/mol. The normalized spacial score (nSPS) is 43.3. The van der Waals surface area contributed by atoms with Gasteiger partial charge in [-0.2, -0.15) is 0 Å². The molecule has 0 aromatic carbocycles. The number of hydrogen-bond acceptors (Lipinski definition) is 3. The van der Waals surface area contributed by atoms with Crippen LogP contribution in [-0.4, -0.2) is 37.9 Å². The second-order valence-corrected chi connectivity index (χ2v) is 5.04. The fourth-order valence-electron chi connectivity index (χ4n) is 2.38. The van der Waals surface area contributed by atoms with Crippen LogP contribution in [0.4, 0.5) is 0 Å². The highest BCUT2D eigenvalue weighted by Crippen LogP contribution is 2.20. The summed E-state index contributed by atoms with van der Waals surface area (Å²) in [6, 6.07) is 0.674. The predicted octanol–water partition coefficient (Wildman–Crippen LogP) is 0.753. The van der Waals surface area contributed by atoms with Crippen molar-refractivity contribution in [3.63, 3.8) is 0 Å². The molecule has 3 atom stereocenters. The van der Waals surface area contributed by atoms with Crippen molar-refractivity contribution in [2.75, 3.05) is 26.3 Å². The minimum atomic E-state index is 0.238. The van der Waals surface area contributed by atoms with Crippen LogP contribution in [0.25, 0.3) is 0 Å². The van der Waals surface area contributed by atoms with E-state index in [0.29, 0.717) is 6.04 Å². The number of nitrogens with one attached hydrogen (secondary N) is 2. The maximum absolute atomic E-state index is 5.42. The Morgan fingerprint density at radius 2 is 2.43 bits per heavy atom. The standard InChI is InChI=1S/C11H22N2O/c1-9-10(3-5-12-9)7-13-11(2)4-6-14-8-11/h9-10,12-13H,3-8H2,1-2H3. The summed E-state index contributed by atoms with van der Waals surface area (Å²) in [5, 5.41) is 7.15. The molecule has 2 heterocycles. The first-order chi connectivity index (χ1) is 6.70. The lowest BCUT2D eigenvalue weighted by Gasteiger charge is -2.26. The van der Waals surface area contributed by atoms with E-state index in [1.54, 1.807) is 0 Å². The Balaban J connectivity index is 1.75. The first-order valence-corrected chi connectivity index (χ1v) is 5.76. The van der Waals surface area contributed by atoms with Gasteiger partial charge in [0.2, 0.25) is 0 Å². The van der Waals surface area contributed by atoms with Gasteiger partial charge in [0.25, 0.3) is 0 Å². The molecule has 0 radical (unpaired) electrons. The fraction of sp³-hybridized carbons (Fsp3) is 1.00. The minimum Gasteiger partial charge on any atom is -0.379 e. The average Bonchev–Trinajstić information content (AvgIpc) is 2.73. The van der Waals surface area contributed by atoms with Gasteiger partial charge in [0, 0.05) is 24.7 Å². The van der Waals surface area contributed by atoms with E-state index in [9.17, 15) is 0 Å². The van der Waals surface area contributed by atoms with Crippen molar-refractivity contribution in [3.05, 3.63) is 0 Å². The van der Waals surface area contributed by atoms with Gasteiger partial charge in [-0.3, -0.25) is 0 Å². The highest BCUT2D eigenvalue weighted by atomic mass is 16.5. The molecule has 2 saturated heterocycles. The third-order valence-corrected chi connectivity index (χ3v) is 3.70. The predicted molar refractivity (Wildman–Crippen MR) is 57.4 cm³/mol. The lowest BCUT2D eigenvalue weighted by atomic mass is 9.97. The lowest BCUT2D eigenvalue weighted by Crippen LogP contribution is -2.46. The molecule has 2 fully saturated rings. The third kappa shape index (κ3) is 2.27. The van der Waals surface area contributed by atoms with Crippen LogP contribution in [0.15, 0.2) is 0 Å². The van der Waals surface area contributed by atoms with Gasteiger partial charge in [-0.25, -0.2) is 0 Å². The summed E-state index contributed by atoms with van der Waals surface area (Å²) >= 11 is 0.